The van der Waals surface area contributed by atoms with Crippen molar-refractivity contribution in [3.63, 3.8) is 0 Å². The standard InChI is InChI=1S/C20H21N5O/c1-13-5-3-6-15(9-13)16-11-23-19(24-16)18-7-4-8-25(18)20(26)17-12-21-14(2)10-22-17/h3,5-6,9-12,18H,4,7-8H2,1-2H3,(H,23,24)/t18-/m1/s1. The molecule has 132 valence electrons. The zero-order valence-electron chi connectivity index (χ0n) is 14.9. The van der Waals surface area contributed by atoms with Gasteiger partial charge in [-0.25, -0.2) is 9.97 Å². The van der Waals surface area contributed by atoms with Gasteiger partial charge in [-0.2, -0.15) is 0 Å². The molecule has 0 aliphatic carbocycles. The Balaban J connectivity index is 1.59. The van der Waals surface area contributed by atoms with E-state index >= 15 is 0 Å². The monoisotopic (exact) mass is 347 g/mol. The minimum atomic E-state index is -0.0893. The number of amides is 1. The molecule has 1 aliphatic heterocycles. The topological polar surface area (TPSA) is 74.8 Å². The summed E-state index contributed by atoms with van der Waals surface area (Å²) < 4.78 is 0. The van der Waals surface area contributed by atoms with Crippen LogP contribution in [0.3, 0.4) is 0 Å². The van der Waals surface area contributed by atoms with Crippen molar-refractivity contribution in [2.45, 2.75) is 32.7 Å². The summed E-state index contributed by atoms with van der Waals surface area (Å²) in [4.78, 5) is 31.1. The lowest BCUT2D eigenvalue weighted by molar-refractivity contribution is 0.0724. The molecule has 0 saturated carbocycles. The normalized spacial score (nSPS) is 16.8. The number of H-pyrrole nitrogens is 1. The average molecular weight is 347 g/mol. The molecule has 2 aromatic heterocycles. The highest BCUT2D eigenvalue weighted by Crippen LogP contribution is 2.32. The summed E-state index contributed by atoms with van der Waals surface area (Å²) in [7, 11) is 0. The van der Waals surface area contributed by atoms with Crippen molar-refractivity contribution >= 4 is 5.91 Å². The second-order valence-electron chi connectivity index (χ2n) is 6.75. The van der Waals surface area contributed by atoms with Crippen molar-refractivity contribution in [2.75, 3.05) is 6.54 Å². The summed E-state index contributed by atoms with van der Waals surface area (Å²) in [6.07, 6.45) is 6.87. The van der Waals surface area contributed by atoms with E-state index in [0.717, 1.165) is 35.6 Å². The molecule has 1 aliphatic rings. The van der Waals surface area contributed by atoms with Crippen LogP contribution in [0.5, 0.6) is 0 Å². The first-order chi connectivity index (χ1) is 12.6. The third-order valence-electron chi connectivity index (χ3n) is 4.75. The number of rotatable bonds is 3. The van der Waals surface area contributed by atoms with Gasteiger partial charge in [-0.05, 0) is 38.3 Å². The number of nitrogens with zero attached hydrogens (tertiary/aromatic N) is 4. The van der Waals surface area contributed by atoms with Crippen LogP contribution < -0.4 is 0 Å². The number of aromatic nitrogens is 4. The van der Waals surface area contributed by atoms with Crippen LogP contribution in [0.4, 0.5) is 0 Å². The lowest BCUT2D eigenvalue weighted by atomic mass is 10.1. The maximum atomic E-state index is 12.8. The number of carbonyl (C=O) groups is 1. The Morgan fingerprint density at radius 3 is 2.81 bits per heavy atom. The number of nitrogens with one attached hydrogen (secondary N) is 1. The predicted octanol–water partition coefficient (Wildman–Crippen LogP) is 3.46. The molecule has 3 aromatic rings. The van der Waals surface area contributed by atoms with Gasteiger partial charge in [-0.1, -0.05) is 23.8 Å². The number of imidazole rings is 1. The molecule has 0 bridgehead atoms. The zero-order valence-corrected chi connectivity index (χ0v) is 14.9. The van der Waals surface area contributed by atoms with Gasteiger partial charge in [0.15, 0.2) is 0 Å². The first-order valence-corrected chi connectivity index (χ1v) is 8.83. The summed E-state index contributed by atoms with van der Waals surface area (Å²) in [5.74, 6) is 0.737. The van der Waals surface area contributed by atoms with Crippen molar-refractivity contribution in [3.8, 4) is 11.3 Å². The second kappa shape index (κ2) is 6.71. The Bertz CT molecular complexity index is 931. The van der Waals surface area contributed by atoms with Crippen LogP contribution in [0.1, 0.15) is 46.5 Å². The summed E-state index contributed by atoms with van der Waals surface area (Å²) >= 11 is 0. The lowest BCUT2D eigenvalue weighted by Gasteiger charge is -2.22. The number of hydrogen-bond donors (Lipinski definition) is 1. The molecule has 26 heavy (non-hydrogen) atoms. The van der Waals surface area contributed by atoms with Crippen molar-refractivity contribution in [1.82, 2.24) is 24.8 Å². The van der Waals surface area contributed by atoms with Crippen molar-refractivity contribution in [2.24, 2.45) is 0 Å². The molecule has 4 rings (SSSR count). The largest absolute Gasteiger partial charge is 0.340 e. The van der Waals surface area contributed by atoms with Crippen LogP contribution in [0, 0.1) is 13.8 Å². The van der Waals surface area contributed by atoms with Crippen molar-refractivity contribution in [3.05, 3.63) is 65.6 Å². The van der Waals surface area contributed by atoms with Crippen LogP contribution in [-0.4, -0.2) is 37.3 Å². The Morgan fingerprint density at radius 1 is 1.15 bits per heavy atom. The summed E-state index contributed by atoms with van der Waals surface area (Å²) in [5.41, 5.74) is 4.46. The first kappa shape index (κ1) is 16.4. The number of aryl methyl sites for hydroxylation is 2. The number of likely N-dealkylation sites (tertiary alicyclic amines) is 1. The number of benzene rings is 1. The first-order valence-electron chi connectivity index (χ1n) is 8.83. The van der Waals surface area contributed by atoms with Crippen LogP contribution in [-0.2, 0) is 0 Å². The third-order valence-corrected chi connectivity index (χ3v) is 4.75. The maximum Gasteiger partial charge on any atom is 0.274 e. The Morgan fingerprint density at radius 2 is 2.04 bits per heavy atom. The van der Waals surface area contributed by atoms with Gasteiger partial charge < -0.3 is 9.88 Å². The molecule has 0 radical (unpaired) electrons. The van der Waals surface area contributed by atoms with Crippen molar-refractivity contribution < 1.29 is 4.79 Å². The van der Waals surface area contributed by atoms with Crippen LogP contribution in [0.15, 0.2) is 42.9 Å². The van der Waals surface area contributed by atoms with Gasteiger partial charge in [0.25, 0.3) is 5.91 Å². The third kappa shape index (κ3) is 3.10. The van der Waals surface area contributed by atoms with E-state index in [1.54, 1.807) is 12.4 Å². The molecule has 1 aromatic carbocycles. The molecule has 1 saturated heterocycles. The van der Waals surface area contributed by atoms with Gasteiger partial charge in [0.1, 0.15) is 11.5 Å². The highest BCUT2D eigenvalue weighted by Gasteiger charge is 2.33. The Hall–Kier alpha value is -3.02. The highest BCUT2D eigenvalue weighted by molar-refractivity contribution is 5.92. The van der Waals surface area contributed by atoms with Gasteiger partial charge in [0.05, 0.1) is 29.8 Å². The van der Waals surface area contributed by atoms with Gasteiger partial charge in [0.2, 0.25) is 0 Å². The van der Waals surface area contributed by atoms with E-state index in [9.17, 15) is 4.79 Å². The van der Waals surface area contributed by atoms with Crippen molar-refractivity contribution in [1.29, 1.82) is 0 Å². The fourth-order valence-corrected chi connectivity index (χ4v) is 3.41. The second-order valence-corrected chi connectivity index (χ2v) is 6.75. The molecule has 0 spiro atoms. The Labute approximate surface area is 152 Å². The maximum absolute atomic E-state index is 12.8. The fraction of sp³-hybridized carbons (Fsp3) is 0.300. The smallest absolute Gasteiger partial charge is 0.274 e. The van der Waals surface area contributed by atoms with E-state index in [-0.39, 0.29) is 11.9 Å². The number of hydrogen-bond acceptors (Lipinski definition) is 4. The zero-order chi connectivity index (χ0) is 18.1. The SMILES string of the molecule is Cc1cccc(-c2cnc([C@H]3CCCN3C(=O)c3cnc(C)cn3)[nH]2)c1. The number of aromatic amines is 1. The Kier molecular flexibility index (Phi) is 4.24. The van der Waals surface area contributed by atoms with E-state index in [0.29, 0.717) is 12.2 Å². The molecule has 0 unspecified atom stereocenters. The van der Waals surface area contributed by atoms with E-state index in [2.05, 4.69) is 45.1 Å². The van der Waals surface area contributed by atoms with E-state index in [1.807, 2.05) is 24.1 Å². The molecular weight excluding hydrogens is 326 g/mol. The van der Waals surface area contributed by atoms with E-state index in [4.69, 9.17) is 0 Å². The molecule has 1 atom stereocenters. The van der Waals surface area contributed by atoms with Gasteiger partial charge in [-0.15, -0.1) is 0 Å². The predicted molar refractivity (Wildman–Crippen MR) is 98.5 cm³/mol. The van der Waals surface area contributed by atoms with Gasteiger partial charge in [-0.3, -0.25) is 9.78 Å². The summed E-state index contributed by atoms with van der Waals surface area (Å²) in [5, 5.41) is 0. The van der Waals surface area contributed by atoms with Gasteiger partial charge >= 0.3 is 0 Å². The quantitative estimate of drug-likeness (QED) is 0.787. The van der Waals surface area contributed by atoms with E-state index < -0.39 is 0 Å². The van der Waals surface area contributed by atoms with Crippen LogP contribution in [0.2, 0.25) is 0 Å². The van der Waals surface area contributed by atoms with E-state index in [1.165, 1.54) is 5.56 Å². The molecule has 1 N–H and O–H groups in total. The minimum Gasteiger partial charge on any atom is -0.340 e. The van der Waals surface area contributed by atoms with Crippen LogP contribution >= 0.6 is 0 Å². The molecular formula is C20H21N5O. The summed E-state index contributed by atoms with van der Waals surface area (Å²) in [6.45, 7) is 4.63. The molecule has 1 amide bonds. The number of carbonyl (C=O) groups excluding carboxylic acids is 1. The fourth-order valence-electron chi connectivity index (χ4n) is 3.41. The molecule has 3 heterocycles. The van der Waals surface area contributed by atoms with Gasteiger partial charge in [0, 0.05) is 12.7 Å². The summed E-state index contributed by atoms with van der Waals surface area (Å²) in [6, 6.07) is 8.23. The highest BCUT2D eigenvalue weighted by atomic mass is 16.2. The van der Waals surface area contributed by atoms with Crippen LogP contribution in [0.25, 0.3) is 11.3 Å². The molecule has 6 heteroatoms. The average Bonchev–Trinajstić information content (AvgIpc) is 3.31. The minimum absolute atomic E-state index is 0.0517. The lowest BCUT2D eigenvalue weighted by Crippen LogP contribution is -2.31. The molecule has 1 fully saturated rings. The molecule has 6 nitrogen and oxygen atoms in total.